The molecule has 4 rings (SSSR count). The van der Waals surface area contributed by atoms with Crippen LogP contribution in [0.2, 0.25) is 0 Å². The fourth-order valence-corrected chi connectivity index (χ4v) is 3.76. The van der Waals surface area contributed by atoms with E-state index < -0.39 is 0 Å². The molecule has 2 saturated heterocycles. The van der Waals surface area contributed by atoms with Gasteiger partial charge >= 0.3 is 0 Å². The van der Waals surface area contributed by atoms with Crippen LogP contribution in [0.5, 0.6) is 0 Å². The molecule has 2 aliphatic rings. The SMILES string of the molecule is CN1CCO[C@@H]2CCN(C(=O)c3cnn(C)c3-n3cccc3)C[C@H]21. The Morgan fingerprint density at radius 2 is 2.04 bits per heavy atom. The van der Waals surface area contributed by atoms with Gasteiger partial charge in [-0.25, -0.2) is 0 Å². The van der Waals surface area contributed by atoms with E-state index in [9.17, 15) is 4.79 Å². The van der Waals surface area contributed by atoms with E-state index in [-0.39, 0.29) is 18.1 Å². The number of aromatic nitrogens is 3. The number of morpholine rings is 1. The van der Waals surface area contributed by atoms with Gasteiger partial charge in [-0.2, -0.15) is 5.10 Å². The standard InChI is InChI=1S/C17H23N5O2/c1-19-9-10-24-15-5-8-22(12-14(15)19)17(23)13-11-18-20(2)16(13)21-6-3-4-7-21/h3-4,6-7,11,14-15H,5,8-10,12H2,1-2H3/t14-,15-/m1/s1. The largest absolute Gasteiger partial charge is 0.375 e. The zero-order valence-corrected chi connectivity index (χ0v) is 14.1. The smallest absolute Gasteiger partial charge is 0.259 e. The van der Waals surface area contributed by atoms with Crippen LogP contribution < -0.4 is 0 Å². The number of hydrogen-bond donors (Lipinski definition) is 0. The minimum atomic E-state index is 0.0456. The molecule has 2 fully saturated rings. The fraction of sp³-hybridized carbons (Fsp3) is 0.529. The van der Waals surface area contributed by atoms with Gasteiger partial charge in [-0.1, -0.05) is 0 Å². The Kier molecular flexibility index (Phi) is 3.90. The summed E-state index contributed by atoms with van der Waals surface area (Å²) in [6, 6.07) is 4.17. The lowest BCUT2D eigenvalue weighted by Crippen LogP contribution is -2.59. The third kappa shape index (κ3) is 2.53. The number of aryl methyl sites for hydroxylation is 1. The molecule has 0 spiro atoms. The number of likely N-dealkylation sites (tertiary alicyclic amines) is 1. The van der Waals surface area contributed by atoms with Crippen molar-refractivity contribution in [1.29, 1.82) is 0 Å². The molecule has 7 nitrogen and oxygen atoms in total. The van der Waals surface area contributed by atoms with E-state index in [1.807, 2.05) is 41.0 Å². The summed E-state index contributed by atoms with van der Waals surface area (Å²) in [5.41, 5.74) is 0.645. The van der Waals surface area contributed by atoms with Crippen LogP contribution in [0, 0.1) is 0 Å². The number of fused-ring (bicyclic) bond motifs is 1. The fourth-order valence-electron chi connectivity index (χ4n) is 3.76. The van der Waals surface area contributed by atoms with Crippen LogP contribution in [-0.4, -0.2) is 75.5 Å². The van der Waals surface area contributed by atoms with Crippen molar-refractivity contribution in [2.45, 2.75) is 18.6 Å². The van der Waals surface area contributed by atoms with Gasteiger partial charge in [-0.15, -0.1) is 0 Å². The number of amides is 1. The van der Waals surface area contributed by atoms with Gasteiger partial charge in [-0.3, -0.25) is 14.4 Å². The quantitative estimate of drug-likeness (QED) is 0.816. The number of nitrogens with zero attached hydrogens (tertiary/aromatic N) is 5. The number of piperidine rings is 1. The maximum absolute atomic E-state index is 13.1. The summed E-state index contributed by atoms with van der Waals surface area (Å²) in [5, 5.41) is 4.30. The number of hydrogen-bond acceptors (Lipinski definition) is 4. The second-order valence-electron chi connectivity index (χ2n) is 6.59. The molecule has 0 N–H and O–H groups in total. The molecule has 4 heterocycles. The van der Waals surface area contributed by atoms with Gasteiger partial charge in [-0.05, 0) is 25.6 Å². The van der Waals surface area contributed by atoms with Crippen LogP contribution in [0.4, 0.5) is 0 Å². The molecule has 7 heteroatoms. The van der Waals surface area contributed by atoms with Crippen molar-refractivity contribution < 1.29 is 9.53 Å². The van der Waals surface area contributed by atoms with Crippen LogP contribution in [0.15, 0.2) is 30.7 Å². The van der Waals surface area contributed by atoms with Gasteiger partial charge in [0.2, 0.25) is 0 Å². The highest BCUT2D eigenvalue weighted by Crippen LogP contribution is 2.24. The predicted octanol–water partition coefficient (Wildman–Crippen LogP) is 0.756. The molecule has 1 amide bonds. The van der Waals surface area contributed by atoms with Gasteiger partial charge < -0.3 is 14.2 Å². The monoisotopic (exact) mass is 329 g/mol. The summed E-state index contributed by atoms with van der Waals surface area (Å²) < 4.78 is 9.55. The van der Waals surface area contributed by atoms with Crippen molar-refractivity contribution in [2.75, 3.05) is 33.3 Å². The lowest BCUT2D eigenvalue weighted by Gasteiger charge is -2.45. The van der Waals surface area contributed by atoms with Crippen LogP contribution in [0.3, 0.4) is 0 Å². The average molecular weight is 329 g/mol. The van der Waals surface area contributed by atoms with Crippen molar-refractivity contribution in [3.63, 3.8) is 0 Å². The summed E-state index contributed by atoms with van der Waals surface area (Å²) in [5.74, 6) is 0.851. The molecular formula is C17H23N5O2. The first kappa shape index (κ1) is 15.4. The number of ether oxygens (including phenoxy) is 1. The lowest BCUT2D eigenvalue weighted by atomic mass is 9.98. The summed E-state index contributed by atoms with van der Waals surface area (Å²) in [7, 11) is 3.98. The molecule has 0 saturated carbocycles. The molecule has 24 heavy (non-hydrogen) atoms. The first-order chi connectivity index (χ1) is 11.6. The Balaban J connectivity index is 1.59. The van der Waals surface area contributed by atoms with Gasteiger partial charge in [0.1, 0.15) is 11.4 Å². The minimum absolute atomic E-state index is 0.0456. The van der Waals surface area contributed by atoms with Gasteiger partial charge in [0.15, 0.2) is 0 Å². The third-order valence-corrected chi connectivity index (χ3v) is 5.14. The minimum Gasteiger partial charge on any atom is -0.375 e. The van der Waals surface area contributed by atoms with E-state index >= 15 is 0 Å². The highest BCUT2D eigenvalue weighted by Gasteiger charge is 2.37. The van der Waals surface area contributed by atoms with E-state index in [1.165, 1.54) is 0 Å². The topological polar surface area (TPSA) is 55.5 Å². The predicted molar refractivity (Wildman–Crippen MR) is 89.2 cm³/mol. The Labute approximate surface area is 141 Å². The second-order valence-corrected chi connectivity index (χ2v) is 6.59. The second kappa shape index (κ2) is 6.07. The van der Waals surface area contributed by atoms with Crippen molar-refractivity contribution in [3.05, 3.63) is 36.3 Å². The van der Waals surface area contributed by atoms with Crippen molar-refractivity contribution >= 4 is 5.91 Å². The van der Waals surface area contributed by atoms with Crippen LogP contribution in [-0.2, 0) is 11.8 Å². The molecule has 2 aromatic heterocycles. The number of rotatable bonds is 2. The van der Waals surface area contributed by atoms with Crippen molar-refractivity contribution in [3.8, 4) is 5.82 Å². The number of likely N-dealkylation sites (N-methyl/N-ethyl adjacent to an activating group) is 1. The van der Waals surface area contributed by atoms with Crippen molar-refractivity contribution in [1.82, 2.24) is 24.1 Å². The molecule has 0 aromatic carbocycles. The molecule has 0 radical (unpaired) electrons. The zero-order valence-electron chi connectivity index (χ0n) is 14.1. The maximum atomic E-state index is 13.1. The molecular weight excluding hydrogens is 306 g/mol. The van der Waals surface area contributed by atoms with Crippen LogP contribution >= 0.6 is 0 Å². The first-order valence-electron chi connectivity index (χ1n) is 8.41. The Hall–Kier alpha value is -2.12. The Morgan fingerprint density at radius 1 is 1.25 bits per heavy atom. The summed E-state index contributed by atoms with van der Waals surface area (Å²) in [4.78, 5) is 17.4. The summed E-state index contributed by atoms with van der Waals surface area (Å²) >= 11 is 0. The van der Waals surface area contributed by atoms with E-state index in [1.54, 1.807) is 10.9 Å². The Bertz CT molecular complexity index is 723. The third-order valence-electron chi connectivity index (χ3n) is 5.14. The van der Waals surface area contributed by atoms with Gasteiger partial charge in [0.25, 0.3) is 5.91 Å². The first-order valence-corrected chi connectivity index (χ1v) is 8.41. The Morgan fingerprint density at radius 3 is 2.83 bits per heavy atom. The highest BCUT2D eigenvalue weighted by molar-refractivity contribution is 5.97. The van der Waals surface area contributed by atoms with Crippen LogP contribution in [0.25, 0.3) is 5.82 Å². The lowest BCUT2D eigenvalue weighted by molar-refractivity contribution is -0.0893. The summed E-state index contributed by atoms with van der Waals surface area (Å²) in [6.45, 7) is 3.14. The average Bonchev–Trinajstić information content (AvgIpc) is 3.23. The van der Waals surface area contributed by atoms with E-state index in [4.69, 9.17) is 4.74 Å². The normalized spacial score (nSPS) is 24.8. The van der Waals surface area contributed by atoms with Gasteiger partial charge in [0, 0.05) is 39.1 Å². The number of carbonyl (C=O) groups excluding carboxylic acids is 1. The number of carbonyl (C=O) groups is 1. The highest BCUT2D eigenvalue weighted by atomic mass is 16.5. The van der Waals surface area contributed by atoms with E-state index in [0.29, 0.717) is 12.1 Å². The maximum Gasteiger partial charge on any atom is 0.259 e. The van der Waals surface area contributed by atoms with E-state index in [0.717, 1.165) is 31.9 Å². The molecule has 2 aliphatic heterocycles. The van der Waals surface area contributed by atoms with Crippen molar-refractivity contribution in [2.24, 2.45) is 7.05 Å². The van der Waals surface area contributed by atoms with Crippen LogP contribution in [0.1, 0.15) is 16.8 Å². The zero-order chi connectivity index (χ0) is 16.7. The molecule has 0 aliphatic carbocycles. The molecule has 0 bridgehead atoms. The molecule has 2 aromatic rings. The van der Waals surface area contributed by atoms with Gasteiger partial charge in [0.05, 0.1) is 24.9 Å². The molecule has 128 valence electrons. The molecule has 2 atom stereocenters. The molecule has 0 unspecified atom stereocenters. The summed E-state index contributed by atoms with van der Waals surface area (Å²) in [6.07, 6.45) is 6.67. The van der Waals surface area contributed by atoms with E-state index in [2.05, 4.69) is 17.0 Å².